The standard InChI is InChI=1S/C10H14FN3O3S/c11-4-10(5-15)6(16)3-8(18-10)14-2-1-7(12)13-9(14)17/h1-2,6,8,15-16H,3-5H2,(H2,12,13,17)/t6-,8+,10+/m0/s1. The molecule has 100 valence electrons. The van der Waals surface area contributed by atoms with Crippen molar-refractivity contribution in [2.45, 2.75) is 22.6 Å². The molecule has 1 aliphatic heterocycles. The molecule has 0 bridgehead atoms. The summed E-state index contributed by atoms with van der Waals surface area (Å²) in [6.07, 6.45) is 0.633. The molecule has 1 aromatic rings. The van der Waals surface area contributed by atoms with Crippen molar-refractivity contribution < 1.29 is 14.6 Å². The molecule has 0 saturated carbocycles. The lowest BCUT2D eigenvalue weighted by Gasteiger charge is -2.25. The first-order valence-electron chi connectivity index (χ1n) is 5.40. The molecule has 6 nitrogen and oxygen atoms in total. The van der Waals surface area contributed by atoms with Gasteiger partial charge in [-0.05, 0) is 6.07 Å². The Morgan fingerprint density at radius 1 is 1.72 bits per heavy atom. The quantitative estimate of drug-likeness (QED) is 0.689. The van der Waals surface area contributed by atoms with Gasteiger partial charge in [0.1, 0.15) is 12.5 Å². The van der Waals surface area contributed by atoms with Crippen molar-refractivity contribution in [1.82, 2.24) is 9.55 Å². The zero-order valence-electron chi connectivity index (χ0n) is 9.49. The summed E-state index contributed by atoms with van der Waals surface area (Å²) < 4.78 is 13.0. The molecule has 0 amide bonds. The molecule has 0 aromatic carbocycles. The number of thioether (sulfide) groups is 1. The van der Waals surface area contributed by atoms with Crippen LogP contribution in [0.3, 0.4) is 0 Å². The van der Waals surface area contributed by atoms with E-state index in [1.807, 2.05) is 0 Å². The van der Waals surface area contributed by atoms with Crippen LogP contribution >= 0.6 is 11.8 Å². The van der Waals surface area contributed by atoms with Crippen molar-refractivity contribution in [3.63, 3.8) is 0 Å². The molecule has 3 atom stereocenters. The Bertz CT molecular complexity index is 492. The molecule has 2 rings (SSSR count). The first-order valence-corrected chi connectivity index (χ1v) is 6.28. The molecule has 1 saturated heterocycles. The van der Waals surface area contributed by atoms with E-state index in [-0.39, 0.29) is 12.2 Å². The number of nitrogen functional groups attached to an aromatic ring is 1. The van der Waals surface area contributed by atoms with E-state index in [0.717, 1.165) is 11.8 Å². The highest BCUT2D eigenvalue weighted by Crippen LogP contribution is 2.48. The third kappa shape index (κ3) is 2.11. The fourth-order valence-corrected chi connectivity index (χ4v) is 3.41. The highest BCUT2D eigenvalue weighted by Gasteiger charge is 2.48. The number of nitrogens with zero attached hydrogens (tertiary/aromatic N) is 2. The second kappa shape index (κ2) is 4.87. The van der Waals surface area contributed by atoms with E-state index in [1.165, 1.54) is 16.8 Å². The van der Waals surface area contributed by atoms with E-state index in [2.05, 4.69) is 4.98 Å². The molecule has 1 aromatic heterocycles. The molecule has 0 spiro atoms. The van der Waals surface area contributed by atoms with Crippen molar-refractivity contribution in [2.24, 2.45) is 0 Å². The summed E-state index contributed by atoms with van der Waals surface area (Å²) in [6, 6.07) is 1.46. The van der Waals surface area contributed by atoms with Crippen molar-refractivity contribution in [3.8, 4) is 0 Å². The monoisotopic (exact) mass is 275 g/mol. The van der Waals surface area contributed by atoms with E-state index < -0.39 is 35.2 Å². The Hall–Kier alpha value is -1.12. The Kier molecular flexibility index (Phi) is 3.60. The molecular formula is C10H14FN3O3S. The Balaban J connectivity index is 2.30. The van der Waals surface area contributed by atoms with Crippen molar-refractivity contribution in [1.29, 1.82) is 0 Å². The van der Waals surface area contributed by atoms with Crippen LogP contribution < -0.4 is 11.4 Å². The lowest BCUT2D eigenvalue weighted by molar-refractivity contribution is 0.0768. The highest BCUT2D eigenvalue weighted by molar-refractivity contribution is 8.01. The van der Waals surface area contributed by atoms with Crippen LogP contribution in [0.25, 0.3) is 0 Å². The predicted octanol–water partition coefficient (Wildman–Crippen LogP) is -0.478. The average molecular weight is 275 g/mol. The number of hydrogen-bond donors (Lipinski definition) is 3. The maximum atomic E-state index is 13.0. The first kappa shape index (κ1) is 13.3. The number of nitrogens with two attached hydrogens (primary N) is 1. The van der Waals surface area contributed by atoms with Crippen molar-refractivity contribution in [2.75, 3.05) is 19.0 Å². The van der Waals surface area contributed by atoms with Crippen molar-refractivity contribution >= 4 is 17.6 Å². The van der Waals surface area contributed by atoms with Crippen LogP contribution in [0, 0.1) is 0 Å². The van der Waals surface area contributed by atoms with E-state index in [4.69, 9.17) is 5.73 Å². The van der Waals surface area contributed by atoms with Crippen molar-refractivity contribution in [3.05, 3.63) is 22.7 Å². The minimum absolute atomic E-state index is 0.110. The molecule has 0 aliphatic carbocycles. The van der Waals surface area contributed by atoms with Gasteiger partial charge in [0.2, 0.25) is 0 Å². The van der Waals surface area contributed by atoms with Crippen LogP contribution in [-0.2, 0) is 0 Å². The maximum Gasteiger partial charge on any atom is 0.350 e. The lowest BCUT2D eigenvalue weighted by Crippen LogP contribution is -2.40. The Labute approximate surface area is 107 Å². The molecule has 4 N–H and O–H groups in total. The summed E-state index contributed by atoms with van der Waals surface area (Å²) in [6.45, 7) is -1.34. The number of aliphatic hydroxyl groups is 2. The van der Waals surface area contributed by atoms with Gasteiger partial charge in [0, 0.05) is 12.6 Å². The van der Waals surface area contributed by atoms with Gasteiger partial charge in [0.05, 0.1) is 22.8 Å². The summed E-state index contributed by atoms with van der Waals surface area (Å²) in [7, 11) is 0. The fourth-order valence-electron chi connectivity index (χ4n) is 1.92. The summed E-state index contributed by atoms with van der Waals surface area (Å²) in [5.74, 6) is 0.110. The number of halogens is 1. The van der Waals surface area contributed by atoms with Crippen LogP contribution in [0.15, 0.2) is 17.1 Å². The molecule has 8 heteroatoms. The topological polar surface area (TPSA) is 101 Å². The van der Waals surface area contributed by atoms with Crippen LogP contribution in [0.5, 0.6) is 0 Å². The number of hydrogen-bond acceptors (Lipinski definition) is 6. The number of aromatic nitrogens is 2. The zero-order chi connectivity index (χ0) is 13.3. The molecular weight excluding hydrogens is 261 g/mol. The van der Waals surface area contributed by atoms with Gasteiger partial charge in [0.25, 0.3) is 0 Å². The molecule has 0 radical (unpaired) electrons. The summed E-state index contributed by atoms with van der Waals surface area (Å²) in [5, 5.41) is 18.6. The maximum absolute atomic E-state index is 13.0. The fraction of sp³-hybridized carbons (Fsp3) is 0.600. The second-order valence-electron chi connectivity index (χ2n) is 4.22. The Morgan fingerprint density at radius 2 is 2.44 bits per heavy atom. The predicted molar refractivity (Wildman–Crippen MR) is 66.0 cm³/mol. The number of aliphatic hydroxyl groups excluding tert-OH is 2. The zero-order valence-corrected chi connectivity index (χ0v) is 10.3. The van der Waals surface area contributed by atoms with Gasteiger partial charge in [-0.15, -0.1) is 11.8 Å². The summed E-state index contributed by atoms with van der Waals surface area (Å²) in [5.41, 5.74) is 4.83. The second-order valence-corrected chi connectivity index (χ2v) is 5.82. The molecule has 2 heterocycles. The van der Waals surface area contributed by atoms with Crippen LogP contribution in [0.4, 0.5) is 10.2 Å². The largest absolute Gasteiger partial charge is 0.395 e. The van der Waals surface area contributed by atoms with Crippen LogP contribution in [0.2, 0.25) is 0 Å². The van der Waals surface area contributed by atoms with E-state index in [1.54, 1.807) is 0 Å². The Morgan fingerprint density at radius 3 is 2.94 bits per heavy atom. The minimum atomic E-state index is -1.26. The van der Waals surface area contributed by atoms with Gasteiger partial charge in [-0.1, -0.05) is 0 Å². The number of anilines is 1. The van der Waals surface area contributed by atoms with Crippen LogP contribution in [-0.4, -0.2) is 43.9 Å². The van der Waals surface area contributed by atoms with Gasteiger partial charge in [-0.3, -0.25) is 4.57 Å². The molecule has 18 heavy (non-hydrogen) atoms. The number of alkyl halides is 1. The SMILES string of the molecule is Nc1ccn([C@H]2C[C@H](O)[C@](CO)(CF)S2)c(=O)n1. The molecule has 1 fully saturated rings. The van der Waals surface area contributed by atoms with Gasteiger partial charge in [-0.25, -0.2) is 9.18 Å². The third-order valence-corrected chi connectivity index (χ3v) is 4.73. The minimum Gasteiger partial charge on any atom is -0.395 e. The van der Waals surface area contributed by atoms with Crippen LogP contribution in [0.1, 0.15) is 11.8 Å². The number of rotatable bonds is 3. The average Bonchev–Trinajstić information content (AvgIpc) is 2.67. The van der Waals surface area contributed by atoms with E-state index >= 15 is 0 Å². The van der Waals surface area contributed by atoms with E-state index in [9.17, 15) is 19.4 Å². The third-order valence-electron chi connectivity index (χ3n) is 3.06. The summed E-state index contributed by atoms with van der Waals surface area (Å²) in [4.78, 5) is 15.2. The van der Waals surface area contributed by atoms with Gasteiger partial charge in [-0.2, -0.15) is 4.98 Å². The first-order chi connectivity index (χ1) is 8.52. The smallest absolute Gasteiger partial charge is 0.350 e. The molecule has 0 unspecified atom stereocenters. The summed E-state index contributed by atoms with van der Waals surface area (Å²) >= 11 is 1.05. The highest BCUT2D eigenvalue weighted by atomic mass is 32.2. The van der Waals surface area contributed by atoms with Gasteiger partial charge < -0.3 is 15.9 Å². The van der Waals surface area contributed by atoms with E-state index in [0.29, 0.717) is 0 Å². The lowest BCUT2D eigenvalue weighted by atomic mass is 10.0. The van der Waals surface area contributed by atoms with Gasteiger partial charge in [0.15, 0.2) is 0 Å². The molecule has 1 aliphatic rings. The normalized spacial score (nSPS) is 31.7. The van der Waals surface area contributed by atoms with Gasteiger partial charge >= 0.3 is 5.69 Å².